The minimum atomic E-state index is -1.79. The van der Waals surface area contributed by atoms with E-state index in [1.807, 2.05) is 18.2 Å². The van der Waals surface area contributed by atoms with Crippen LogP contribution in [0.1, 0.15) is 26.5 Å². The Morgan fingerprint density at radius 2 is 1.94 bits per heavy atom. The van der Waals surface area contributed by atoms with Crippen LogP contribution in [0.3, 0.4) is 0 Å². The second-order valence-corrected chi connectivity index (χ2v) is 10.2. The van der Waals surface area contributed by atoms with E-state index < -0.39 is 8.32 Å². The van der Waals surface area contributed by atoms with E-state index in [1.165, 1.54) is 0 Å². The minimum absolute atomic E-state index is 0.185. The lowest BCUT2D eigenvalue weighted by Gasteiger charge is -2.36. The van der Waals surface area contributed by atoms with E-state index >= 15 is 0 Å². The Hall–Kier alpha value is -1.09. The summed E-state index contributed by atoms with van der Waals surface area (Å²) >= 11 is 0. The summed E-state index contributed by atoms with van der Waals surface area (Å²) in [5, 5.41) is 0.185. The summed E-state index contributed by atoms with van der Waals surface area (Å²) in [6, 6.07) is 5.76. The molecule has 0 aliphatic heterocycles. The summed E-state index contributed by atoms with van der Waals surface area (Å²) in [6.07, 6.45) is 1.76. The SMILES string of the molecule is C=C(O[Si](C)(C)C(C)(C)C)c1ccccn1. The molecule has 0 amide bonds. The molecule has 1 heterocycles. The van der Waals surface area contributed by atoms with Gasteiger partial charge in [0.2, 0.25) is 0 Å². The van der Waals surface area contributed by atoms with E-state index in [-0.39, 0.29) is 5.04 Å². The van der Waals surface area contributed by atoms with Crippen LogP contribution in [-0.2, 0) is 4.43 Å². The Kier molecular flexibility index (Phi) is 3.58. The number of hydrogen-bond acceptors (Lipinski definition) is 2. The predicted octanol–water partition coefficient (Wildman–Crippen LogP) is 4.07. The zero-order valence-corrected chi connectivity index (χ0v) is 11.9. The first kappa shape index (κ1) is 13.0. The van der Waals surface area contributed by atoms with Gasteiger partial charge < -0.3 is 4.43 Å². The highest BCUT2D eigenvalue weighted by molar-refractivity contribution is 6.74. The van der Waals surface area contributed by atoms with E-state index in [4.69, 9.17) is 4.43 Å². The van der Waals surface area contributed by atoms with Crippen molar-refractivity contribution in [2.45, 2.75) is 38.9 Å². The second kappa shape index (κ2) is 4.42. The van der Waals surface area contributed by atoms with Gasteiger partial charge in [-0.05, 0) is 30.3 Å². The van der Waals surface area contributed by atoms with E-state index in [0.29, 0.717) is 5.76 Å². The Balaban J connectivity index is 2.80. The molecule has 0 bridgehead atoms. The van der Waals surface area contributed by atoms with Gasteiger partial charge >= 0.3 is 0 Å². The van der Waals surface area contributed by atoms with Crippen LogP contribution in [0, 0.1) is 0 Å². The number of hydrogen-bond donors (Lipinski definition) is 0. The van der Waals surface area contributed by atoms with Gasteiger partial charge in [-0.15, -0.1) is 0 Å². The highest BCUT2D eigenvalue weighted by Gasteiger charge is 2.39. The number of pyridine rings is 1. The van der Waals surface area contributed by atoms with Crippen molar-refractivity contribution in [2.24, 2.45) is 0 Å². The first-order valence-electron chi connectivity index (χ1n) is 5.53. The molecule has 2 nitrogen and oxygen atoms in total. The van der Waals surface area contributed by atoms with Gasteiger partial charge in [-0.25, -0.2) is 0 Å². The molecule has 0 aromatic carbocycles. The van der Waals surface area contributed by atoms with Crippen LogP contribution < -0.4 is 0 Å². The van der Waals surface area contributed by atoms with Crippen molar-refractivity contribution in [3.8, 4) is 0 Å². The molecular formula is C13H21NOSi. The fraction of sp³-hybridized carbons (Fsp3) is 0.462. The van der Waals surface area contributed by atoms with Gasteiger partial charge in [0.25, 0.3) is 8.32 Å². The molecule has 16 heavy (non-hydrogen) atoms. The lowest BCUT2D eigenvalue weighted by atomic mass is 10.2. The highest BCUT2D eigenvalue weighted by Crippen LogP contribution is 2.38. The fourth-order valence-corrected chi connectivity index (χ4v) is 2.07. The summed E-state index contributed by atoms with van der Waals surface area (Å²) in [4.78, 5) is 4.24. The molecule has 0 atom stereocenters. The van der Waals surface area contributed by atoms with Crippen LogP contribution in [0.2, 0.25) is 18.1 Å². The molecule has 1 rings (SSSR count). The Labute approximate surface area is 99.5 Å². The van der Waals surface area contributed by atoms with E-state index in [9.17, 15) is 0 Å². The van der Waals surface area contributed by atoms with E-state index in [2.05, 4.69) is 45.4 Å². The first-order chi connectivity index (χ1) is 7.24. The molecule has 0 spiro atoms. The summed E-state index contributed by atoms with van der Waals surface area (Å²) < 4.78 is 6.07. The summed E-state index contributed by atoms with van der Waals surface area (Å²) in [5.74, 6) is 0.687. The van der Waals surface area contributed by atoms with Crippen molar-refractivity contribution in [3.63, 3.8) is 0 Å². The van der Waals surface area contributed by atoms with E-state index in [0.717, 1.165) is 5.69 Å². The summed E-state index contributed by atoms with van der Waals surface area (Å²) in [5.41, 5.74) is 0.826. The molecule has 1 aromatic rings. The number of aromatic nitrogens is 1. The monoisotopic (exact) mass is 235 g/mol. The van der Waals surface area contributed by atoms with E-state index in [1.54, 1.807) is 6.20 Å². The Morgan fingerprint density at radius 3 is 2.38 bits per heavy atom. The molecular weight excluding hydrogens is 214 g/mol. The zero-order chi connectivity index (χ0) is 12.4. The lowest BCUT2D eigenvalue weighted by Crippen LogP contribution is -2.40. The average molecular weight is 235 g/mol. The lowest BCUT2D eigenvalue weighted by molar-refractivity contribution is 0.457. The minimum Gasteiger partial charge on any atom is -0.542 e. The number of nitrogens with zero attached hydrogens (tertiary/aromatic N) is 1. The average Bonchev–Trinajstić information content (AvgIpc) is 2.16. The maximum atomic E-state index is 6.07. The zero-order valence-electron chi connectivity index (χ0n) is 10.9. The van der Waals surface area contributed by atoms with Gasteiger partial charge in [0.05, 0.1) is 0 Å². The van der Waals surface area contributed by atoms with Crippen LogP contribution in [0.5, 0.6) is 0 Å². The van der Waals surface area contributed by atoms with Crippen LogP contribution in [0.25, 0.3) is 5.76 Å². The summed E-state index contributed by atoms with van der Waals surface area (Å²) in [6.45, 7) is 15.0. The normalized spacial score (nSPS) is 12.3. The smallest absolute Gasteiger partial charge is 0.250 e. The van der Waals surface area contributed by atoms with Gasteiger partial charge in [-0.3, -0.25) is 4.98 Å². The third kappa shape index (κ3) is 2.95. The van der Waals surface area contributed by atoms with Crippen molar-refractivity contribution in [1.82, 2.24) is 4.98 Å². The molecule has 0 radical (unpaired) electrons. The molecule has 0 saturated heterocycles. The molecule has 0 fully saturated rings. The topological polar surface area (TPSA) is 22.1 Å². The highest BCUT2D eigenvalue weighted by atomic mass is 28.4. The van der Waals surface area contributed by atoms with Crippen molar-refractivity contribution in [2.75, 3.05) is 0 Å². The molecule has 0 saturated carbocycles. The standard InChI is InChI=1S/C13H21NOSi/c1-11(12-9-7-8-10-14-12)15-16(5,6)13(2,3)4/h7-10H,1H2,2-6H3. The largest absolute Gasteiger partial charge is 0.542 e. The van der Waals surface area contributed by atoms with Gasteiger partial charge in [-0.1, -0.05) is 33.4 Å². The maximum Gasteiger partial charge on any atom is 0.250 e. The fourth-order valence-electron chi connectivity index (χ4n) is 1.04. The van der Waals surface area contributed by atoms with Gasteiger partial charge in [0.1, 0.15) is 11.5 Å². The molecule has 1 aromatic heterocycles. The van der Waals surface area contributed by atoms with Crippen LogP contribution in [0.15, 0.2) is 31.0 Å². The first-order valence-corrected chi connectivity index (χ1v) is 8.44. The molecule has 0 N–H and O–H groups in total. The van der Waals surface area contributed by atoms with Crippen molar-refractivity contribution in [3.05, 3.63) is 36.7 Å². The molecule has 0 unspecified atom stereocenters. The molecule has 3 heteroatoms. The third-order valence-electron chi connectivity index (χ3n) is 3.14. The quantitative estimate of drug-likeness (QED) is 0.582. The Morgan fingerprint density at radius 1 is 1.31 bits per heavy atom. The Bertz CT molecular complexity index is 365. The van der Waals surface area contributed by atoms with Gasteiger partial charge in [0, 0.05) is 6.20 Å². The maximum absolute atomic E-state index is 6.07. The molecule has 0 aliphatic rings. The van der Waals surface area contributed by atoms with Crippen molar-refractivity contribution < 1.29 is 4.43 Å². The van der Waals surface area contributed by atoms with Crippen LogP contribution >= 0.6 is 0 Å². The summed E-state index contributed by atoms with van der Waals surface area (Å²) in [7, 11) is -1.79. The third-order valence-corrected chi connectivity index (χ3v) is 7.50. The molecule has 88 valence electrons. The number of rotatable bonds is 3. The van der Waals surface area contributed by atoms with Crippen LogP contribution in [-0.4, -0.2) is 13.3 Å². The molecule has 0 aliphatic carbocycles. The van der Waals surface area contributed by atoms with Crippen LogP contribution in [0.4, 0.5) is 0 Å². The predicted molar refractivity (Wildman–Crippen MR) is 71.6 cm³/mol. The van der Waals surface area contributed by atoms with Crippen molar-refractivity contribution >= 4 is 14.1 Å². The van der Waals surface area contributed by atoms with Gasteiger partial charge in [-0.2, -0.15) is 0 Å². The van der Waals surface area contributed by atoms with Gasteiger partial charge in [0.15, 0.2) is 0 Å². The second-order valence-electron chi connectivity index (χ2n) is 5.50. The van der Waals surface area contributed by atoms with Crippen molar-refractivity contribution in [1.29, 1.82) is 0 Å².